The van der Waals surface area contributed by atoms with E-state index in [2.05, 4.69) is 12.0 Å². The predicted molar refractivity (Wildman–Crippen MR) is 36.6 cm³/mol. The maximum atomic E-state index is 5.08. The average molecular weight is 138 g/mol. The van der Waals surface area contributed by atoms with Gasteiger partial charge in [-0.2, -0.15) is 5.10 Å². The van der Waals surface area contributed by atoms with Crippen LogP contribution in [0.3, 0.4) is 0 Å². The molecule has 0 amide bonds. The van der Waals surface area contributed by atoms with Gasteiger partial charge in [-0.15, -0.1) is 0 Å². The highest BCUT2D eigenvalue weighted by Crippen LogP contribution is 2.27. The van der Waals surface area contributed by atoms with E-state index in [4.69, 9.17) is 4.74 Å². The number of ether oxygens (including phenoxy) is 1. The van der Waals surface area contributed by atoms with E-state index in [1.165, 1.54) is 0 Å². The molecule has 3 nitrogen and oxygen atoms in total. The molecule has 0 aliphatic carbocycles. The third-order valence-electron chi connectivity index (χ3n) is 1.65. The quantitative estimate of drug-likeness (QED) is 0.570. The SMILES string of the molecule is CCn1ccc([C@H]2CO2)n1. The van der Waals surface area contributed by atoms with Gasteiger partial charge < -0.3 is 4.74 Å². The van der Waals surface area contributed by atoms with Crippen molar-refractivity contribution in [3.8, 4) is 0 Å². The summed E-state index contributed by atoms with van der Waals surface area (Å²) >= 11 is 0. The molecule has 0 aromatic carbocycles. The highest BCUT2D eigenvalue weighted by Gasteiger charge is 2.26. The summed E-state index contributed by atoms with van der Waals surface area (Å²) in [6, 6.07) is 2.02. The van der Waals surface area contributed by atoms with E-state index < -0.39 is 0 Å². The van der Waals surface area contributed by atoms with Crippen molar-refractivity contribution in [2.75, 3.05) is 6.61 Å². The minimum atomic E-state index is 0.299. The number of rotatable bonds is 2. The molecule has 0 spiro atoms. The van der Waals surface area contributed by atoms with Gasteiger partial charge in [0.1, 0.15) is 6.10 Å². The molecule has 10 heavy (non-hydrogen) atoms. The molecule has 1 fully saturated rings. The second kappa shape index (κ2) is 2.09. The number of aromatic nitrogens is 2. The number of aryl methyl sites for hydroxylation is 1. The highest BCUT2D eigenvalue weighted by atomic mass is 16.6. The average Bonchev–Trinajstić information content (AvgIpc) is 2.70. The van der Waals surface area contributed by atoms with E-state index in [-0.39, 0.29) is 0 Å². The van der Waals surface area contributed by atoms with Crippen LogP contribution in [0.5, 0.6) is 0 Å². The number of epoxide rings is 1. The Kier molecular flexibility index (Phi) is 1.24. The summed E-state index contributed by atoms with van der Waals surface area (Å²) in [7, 11) is 0. The van der Waals surface area contributed by atoms with Gasteiger partial charge in [0, 0.05) is 12.7 Å². The second-order valence-electron chi connectivity index (χ2n) is 2.42. The van der Waals surface area contributed by atoms with Gasteiger partial charge in [0.25, 0.3) is 0 Å². The molecule has 0 bridgehead atoms. The summed E-state index contributed by atoms with van der Waals surface area (Å²) in [5, 5.41) is 4.28. The van der Waals surface area contributed by atoms with Crippen molar-refractivity contribution in [2.24, 2.45) is 0 Å². The molecule has 1 saturated heterocycles. The van der Waals surface area contributed by atoms with Crippen molar-refractivity contribution in [1.82, 2.24) is 9.78 Å². The second-order valence-corrected chi connectivity index (χ2v) is 2.42. The van der Waals surface area contributed by atoms with Gasteiger partial charge in [0.15, 0.2) is 0 Å². The lowest BCUT2D eigenvalue weighted by molar-refractivity contribution is 0.409. The smallest absolute Gasteiger partial charge is 0.125 e. The Morgan fingerprint density at radius 1 is 1.90 bits per heavy atom. The van der Waals surface area contributed by atoms with Crippen molar-refractivity contribution in [3.05, 3.63) is 18.0 Å². The Hall–Kier alpha value is -0.830. The lowest BCUT2D eigenvalue weighted by Crippen LogP contribution is -1.94. The summed E-state index contributed by atoms with van der Waals surface area (Å²) in [6.45, 7) is 3.86. The molecule has 54 valence electrons. The lowest BCUT2D eigenvalue weighted by atomic mass is 10.3. The highest BCUT2D eigenvalue weighted by molar-refractivity contribution is 5.07. The van der Waals surface area contributed by atoms with E-state index >= 15 is 0 Å². The van der Waals surface area contributed by atoms with E-state index in [9.17, 15) is 0 Å². The Morgan fingerprint density at radius 2 is 2.70 bits per heavy atom. The Bertz CT molecular complexity index is 227. The van der Waals surface area contributed by atoms with Crippen molar-refractivity contribution in [1.29, 1.82) is 0 Å². The zero-order valence-corrected chi connectivity index (χ0v) is 5.95. The Labute approximate surface area is 59.6 Å². The van der Waals surface area contributed by atoms with Gasteiger partial charge in [-0.05, 0) is 13.0 Å². The molecule has 3 heteroatoms. The Balaban J connectivity index is 2.19. The standard InChI is InChI=1S/C7H10N2O/c1-2-9-4-3-6(8-9)7-5-10-7/h3-4,7H,2,5H2,1H3/t7-/m1/s1. The molecule has 1 aliphatic heterocycles. The first kappa shape index (κ1) is 5.92. The van der Waals surface area contributed by atoms with Crippen LogP contribution in [-0.2, 0) is 11.3 Å². The first-order chi connectivity index (χ1) is 4.90. The summed E-state index contributed by atoms with van der Waals surface area (Å²) in [6.07, 6.45) is 2.28. The minimum absolute atomic E-state index is 0.299. The van der Waals surface area contributed by atoms with Crippen LogP contribution in [0.2, 0.25) is 0 Å². The predicted octanol–water partition coefficient (Wildman–Crippen LogP) is 0.974. The van der Waals surface area contributed by atoms with Crippen LogP contribution < -0.4 is 0 Å². The molecular weight excluding hydrogens is 128 g/mol. The summed E-state index contributed by atoms with van der Waals surface area (Å²) in [5.41, 5.74) is 1.07. The van der Waals surface area contributed by atoms with Gasteiger partial charge in [0.2, 0.25) is 0 Å². The summed E-state index contributed by atoms with van der Waals surface area (Å²) in [5.74, 6) is 0. The molecule has 0 N–H and O–H groups in total. The molecule has 2 heterocycles. The van der Waals surface area contributed by atoms with Gasteiger partial charge in [-0.3, -0.25) is 4.68 Å². The molecule has 1 atom stereocenters. The lowest BCUT2D eigenvalue weighted by Gasteiger charge is -1.90. The van der Waals surface area contributed by atoms with E-state index in [1.54, 1.807) is 0 Å². The van der Waals surface area contributed by atoms with Crippen LogP contribution in [0.1, 0.15) is 18.7 Å². The Morgan fingerprint density at radius 3 is 3.20 bits per heavy atom. The van der Waals surface area contributed by atoms with Crippen molar-refractivity contribution >= 4 is 0 Å². The first-order valence-corrected chi connectivity index (χ1v) is 3.55. The number of hydrogen-bond donors (Lipinski definition) is 0. The van der Waals surface area contributed by atoms with Crippen LogP contribution >= 0.6 is 0 Å². The first-order valence-electron chi connectivity index (χ1n) is 3.55. The van der Waals surface area contributed by atoms with Gasteiger partial charge in [0.05, 0.1) is 12.3 Å². The van der Waals surface area contributed by atoms with Crippen molar-refractivity contribution in [2.45, 2.75) is 19.6 Å². The fourth-order valence-corrected chi connectivity index (χ4v) is 0.944. The molecule has 0 unspecified atom stereocenters. The maximum absolute atomic E-state index is 5.08. The third-order valence-corrected chi connectivity index (χ3v) is 1.65. The maximum Gasteiger partial charge on any atom is 0.125 e. The van der Waals surface area contributed by atoms with Crippen molar-refractivity contribution in [3.63, 3.8) is 0 Å². The van der Waals surface area contributed by atoms with Gasteiger partial charge >= 0.3 is 0 Å². The molecule has 2 rings (SSSR count). The van der Waals surface area contributed by atoms with Crippen LogP contribution in [0.4, 0.5) is 0 Å². The number of nitrogens with zero attached hydrogens (tertiary/aromatic N) is 2. The molecule has 1 aromatic rings. The fourth-order valence-electron chi connectivity index (χ4n) is 0.944. The monoisotopic (exact) mass is 138 g/mol. The summed E-state index contributed by atoms with van der Waals surface area (Å²) in [4.78, 5) is 0. The van der Waals surface area contributed by atoms with E-state index in [0.717, 1.165) is 18.8 Å². The summed E-state index contributed by atoms with van der Waals surface area (Å²) < 4.78 is 6.99. The molecule has 1 aromatic heterocycles. The van der Waals surface area contributed by atoms with Gasteiger partial charge in [-0.25, -0.2) is 0 Å². The van der Waals surface area contributed by atoms with Crippen LogP contribution in [-0.4, -0.2) is 16.4 Å². The van der Waals surface area contributed by atoms with Crippen LogP contribution in [0.15, 0.2) is 12.3 Å². The molecule has 0 radical (unpaired) electrons. The largest absolute Gasteiger partial charge is 0.366 e. The normalized spacial score (nSPS) is 23.1. The van der Waals surface area contributed by atoms with E-state index in [0.29, 0.717) is 6.10 Å². The zero-order chi connectivity index (χ0) is 6.97. The number of hydrogen-bond acceptors (Lipinski definition) is 2. The minimum Gasteiger partial charge on any atom is -0.366 e. The van der Waals surface area contributed by atoms with Gasteiger partial charge in [-0.1, -0.05) is 0 Å². The molecule has 1 aliphatic rings. The molecular formula is C7H10N2O. The zero-order valence-electron chi connectivity index (χ0n) is 5.95. The fraction of sp³-hybridized carbons (Fsp3) is 0.571. The van der Waals surface area contributed by atoms with Crippen molar-refractivity contribution < 1.29 is 4.74 Å². The topological polar surface area (TPSA) is 30.4 Å². The van der Waals surface area contributed by atoms with E-state index in [1.807, 2.05) is 16.9 Å². The molecule has 0 saturated carbocycles. The van der Waals surface area contributed by atoms with Crippen LogP contribution in [0, 0.1) is 0 Å². The van der Waals surface area contributed by atoms with Crippen LogP contribution in [0.25, 0.3) is 0 Å². The third kappa shape index (κ3) is 0.926.